The van der Waals surface area contributed by atoms with Gasteiger partial charge in [0, 0.05) is 24.4 Å². The summed E-state index contributed by atoms with van der Waals surface area (Å²) in [7, 11) is 0. The van der Waals surface area contributed by atoms with Crippen LogP contribution in [0.1, 0.15) is 103 Å². The average molecular weight is 475 g/mol. The third-order valence-electron chi connectivity index (χ3n) is 6.18. The Hall–Kier alpha value is -2.04. The Balaban J connectivity index is 1.64. The van der Waals surface area contributed by atoms with Gasteiger partial charge in [0.1, 0.15) is 24.7 Å². The van der Waals surface area contributed by atoms with Crippen molar-refractivity contribution in [2.45, 2.75) is 116 Å². The van der Waals surface area contributed by atoms with E-state index in [9.17, 15) is 8.78 Å². The summed E-state index contributed by atoms with van der Waals surface area (Å²) in [4.78, 5) is 9.03. The van der Waals surface area contributed by atoms with Crippen molar-refractivity contribution in [2.75, 3.05) is 6.61 Å². The Morgan fingerprint density at radius 3 is 1.91 bits per heavy atom. The zero-order chi connectivity index (χ0) is 24.4. The molecular formula is C29H44F2N2O. The summed E-state index contributed by atoms with van der Waals surface area (Å²) in [6, 6.07) is 7.30. The third-order valence-corrected chi connectivity index (χ3v) is 6.18. The second-order valence-corrected chi connectivity index (χ2v) is 9.40. The van der Waals surface area contributed by atoms with Crippen LogP contribution in [0.5, 0.6) is 5.75 Å². The van der Waals surface area contributed by atoms with Gasteiger partial charge in [-0.15, -0.1) is 0 Å². The second kappa shape index (κ2) is 17.4. The normalized spacial score (nSPS) is 13.1. The lowest BCUT2D eigenvalue weighted by Gasteiger charge is -2.13. The number of nitrogens with zero attached hydrogens (tertiary/aromatic N) is 2. The largest absolute Gasteiger partial charge is 0.491 e. The monoisotopic (exact) mass is 474 g/mol. The van der Waals surface area contributed by atoms with Crippen LogP contribution in [0.3, 0.4) is 0 Å². The SMILES string of the molecule is CCCCCCCCCCCCc1cnc(-c2ccc(OCC(F)CC(F)CCC)cc2)nc1. The Labute approximate surface area is 205 Å². The fraction of sp³-hybridized carbons (Fsp3) is 0.655. The maximum atomic E-state index is 13.9. The van der Waals surface area contributed by atoms with Gasteiger partial charge in [0.05, 0.1) is 0 Å². The molecule has 190 valence electrons. The van der Waals surface area contributed by atoms with Gasteiger partial charge in [-0.3, -0.25) is 0 Å². The number of aryl methyl sites for hydroxylation is 1. The minimum absolute atomic E-state index is 0.106. The van der Waals surface area contributed by atoms with Crippen molar-refractivity contribution >= 4 is 0 Å². The van der Waals surface area contributed by atoms with Crippen LogP contribution in [0, 0.1) is 0 Å². The first kappa shape index (κ1) is 28.2. The fourth-order valence-electron chi connectivity index (χ4n) is 4.11. The van der Waals surface area contributed by atoms with Crippen molar-refractivity contribution in [1.82, 2.24) is 9.97 Å². The van der Waals surface area contributed by atoms with E-state index in [2.05, 4.69) is 16.9 Å². The number of unbranched alkanes of at least 4 members (excludes halogenated alkanes) is 9. The van der Waals surface area contributed by atoms with Gasteiger partial charge >= 0.3 is 0 Å². The molecule has 0 N–H and O–H groups in total. The van der Waals surface area contributed by atoms with Gasteiger partial charge in [-0.05, 0) is 49.1 Å². The molecule has 1 heterocycles. The molecule has 2 atom stereocenters. The molecule has 0 bridgehead atoms. The number of aromatic nitrogens is 2. The number of halogens is 2. The Bertz CT molecular complexity index is 752. The summed E-state index contributed by atoms with van der Waals surface area (Å²) in [6.45, 7) is 4.03. The van der Waals surface area contributed by atoms with E-state index in [1.165, 1.54) is 69.8 Å². The number of alkyl halides is 2. The van der Waals surface area contributed by atoms with Crippen LogP contribution in [-0.2, 0) is 6.42 Å². The number of benzene rings is 1. The lowest BCUT2D eigenvalue weighted by molar-refractivity contribution is 0.147. The maximum Gasteiger partial charge on any atom is 0.159 e. The molecule has 0 saturated carbocycles. The molecule has 0 fully saturated rings. The minimum Gasteiger partial charge on any atom is -0.491 e. The third kappa shape index (κ3) is 11.9. The lowest BCUT2D eigenvalue weighted by Crippen LogP contribution is -2.18. The highest BCUT2D eigenvalue weighted by Crippen LogP contribution is 2.21. The molecule has 0 aliphatic heterocycles. The summed E-state index contributed by atoms with van der Waals surface area (Å²) in [5.41, 5.74) is 2.06. The first-order chi connectivity index (χ1) is 16.6. The number of rotatable bonds is 19. The Morgan fingerprint density at radius 2 is 1.32 bits per heavy atom. The zero-order valence-electron chi connectivity index (χ0n) is 21.3. The summed E-state index contributed by atoms with van der Waals surface area (Å²) >= 11 is 0. The van der Waals surface area contributed by atoms with Crippen LogP contribution >= 0.6 is 0 Å². The van der Waals surface area contributed by atoms with Gasteiger partial charge in [-0.25, -0.2) is 18.7 Å². The molecule has 0 spiro atoms. The first-order valence-electron chi connectivity index (χ1n) is 13.4. The van der Waals surface area contributed by atoms with Crippen LogP contribution in [0.15, 0.2) is 36.7 Å². The van der Waals surface area contributed by atoms with Crippen LogP contribution in [-0.4, -0.2) is 28.9 Å². The minimum atomic E-state index is -1.30. The maximum absolute atomic E-state index is 13.9. The summed E-state index contributed by atoms with van der Waals surface area (Å²) in [5, 5.41) is 0. The molecule has 0 radical (unpaired) electrons. The summed E-state index contributed by atoms with van der Waals surface area (Å²) in [6.07, 6.45) is 16.8. The molecule has 1 aromatic heterocycles. The second-order valence-electron chi connectivity index (χ2n) is 9.40. The zero-order valence-corrected chi connectivity index (χ0v) is 21.3. The Morgan fingerprint density at radius 1 is 0.735 bits per heavy atom. The number of ether oxygens (including phenoxy) is 1. The topological polar surface area (TPSA) is 35.0 Å². The Kier molecular flexibility index (Phi) is 14.4. The summed E-state index contributed by atoms with van der Waals surface area (Å²) < 4.78 is 32.9. The standard InChI is InChI=1S/C29H44F2N2O/c1-3-5-6-7-8-9-10-11-12-13-15-24-21-32-29(33-22-24)25-16-18-28(19-17-25)34-23-27(31)20-26(30)14-4-2/h16-19,21-22,26-27H,3-15,20,23H2,1-2H3. The van der Waals surface area contributed by atoms with Crippen molar-refractivity contribution < 1.29 is 13.5 Å². The molecule has 1 aromatic carbocycles. The molecule has 0 aliphatic carbocycles. The highest BCUT2D eigenvalue weighted by atomic mass is 19.1. The van der Waals surface area contributed by atoms with Gasteiger partial charge in [0.2, 0.25) is 0 Å². The van der Waals surface area contributed by atoms with Crippen LogP contribution in [0.25, 0.3) is 11.4 Å². The van der Waals surface area contributed by atoms with E-state index >= 15 is 0 Å². The molecule has 0 aliphatic rings. The van der Waals surface area contributed by atoms with Gasteiger partial charge in [0.25, 0.3) is 0 Å². The highest BCUT2D eigenvalue weighted by Gasteiger charge is 2.15. The van der Waals surface area contributed by atoms with E-state index in [0.29, 0.717) is 18.0 Å². The number of hydrogen-bond acceptors (Lipinski definition) is 3. The molecule has 2 unspecified atom stereocenters. The van der Waals surface area contributed by atoms with Gasteiger partial charge in [0.15, 0.2) is 5.82 Å². The van der Waals surface area contributed by atoms with Crippen molar-refractivity contribution in [3.05, 3.63) is 42.2 Å². The van der Waals surface area contributed by atoms with E-state index in [1.807, 2.05) is 31.5 Å². The molecular weight excluding hydrogens is 430 g/mol. The van der Waals surface area contributed by atoms with E-state index < -0.39 is 12.3 Å². The number of hydrogen-bond donors (Lipinski definition) is 0. The van der Waals surface area contributed by atoms with Crippen molar-refractivity contribution in [1.29, 1.82) is 0 Å². The van der Waals surface area contributed by atoms with E-state index in [1.54, 1.807) is 12.1 Å². The molecule has 0 saturated heterocycles. The molecule has 2 rings (SSSR count). The molecule has 3 nitrogen and oxygen atoms in total. The van der Waals surface area contributed by atoms with Gasteiger partial charge in [-0.1, -0.05) is 78.1 Å². The van der Waals surface area contributed by atoms with Gasteiger partial charge in [-0.2, -0.15) is 0 Å². The first-order valence-corrected chi connectivity index (χ1v) is 13.4. The summed E-state index contributed by atoms with van der Waals surface area (Å²) in [5.74, 6) is 1.23. The lowest BCUT2D eigenvalue weighted by atomic mass is 10.0. The quantitative estimate of drug-likeness (QED) is 0.191. The van der Waals surface area contributed by atoms with Crippen molar-refractivity contribution in [3.63, 3.8) is 0 Å². The van der Waals surface area contributed by atoms with Crippen molar-refractivity contribution in [3.8, 4) is 17.1 Å². The van der Waals surface area contributed by atoms with Crippen LogP contribution in [0.2, 0.25) is 0 Å². The molecule has 0 amide bonds. The molecule has 5 heteroatoms. The van der Waals surface area contributed by atoms with E-state index in [-0.39, 0.29) is 13.0 Å². The van der Waals surface area contributed by atoms with Gasteiger partial charge < -0.3 is 4.74 Å². The fourth-order valence-corrected chi connectivity index (χ4v) is 4.11. The van der Waals surface area contributed by atoms with E-state index in [4.69, 9.17) is 4.74 Å². The predicted molar refractivity (Wildman–Crippen MR) is 138 cm³/mol. The smallest absolute Gasteiger partial charge is 0.159 e. The van der Waals surface area contributed by atoms with E-state index in [0.717, 1.165) is 18.4 Å². The molecule has 2 aromatic rings. The highest BCUT2D eigenvalue weighted by molar-refractivity contribution is 5.55. The molecule has 34 heavy (non-hydrogen) atoms. The van der Waals surface area contributed by atoms with Crippen LogP contribution < -0.4 is 4.74 Å². The average Bonchev–Trinajstić information content (AvgIpc) is 2.85. The van der Waals surface area contributed by atoms with Crippen LogP contribution in [0.4, 0.5) is 8.78 Å². The van der Waals surface area contributed by atoms with Crippen molar-refractivity contribution in [2.24, 2.45) is 0 Å². The predicted octanol–water partition coefficient (Wildman–Crippen LogP) is 8.85.